The van der Waals surface area contributed by atoms with E-state index in [-0.39, 0.29) is 11.9 Å². The molecule has 15 heavy (non-hydrogen) atoms. The molecule has 1 aliphatic carbocycles. The third kappa shape index (κ3) is 5.11. The van der Waals surface area contributed by atoms with E-state index < -0.39 is 0 Å². The second-order valence-electron chi connectivity index (χ2n) is 4.53. The number of amides is 1. The number of rotatable bonds is 3. The van der Waals surface area contributed by atoms with Gasteiger partial charge in [-0.3, -0.25) is 4.79 Å². The Labute approximate surface area is 97.0 Å². The molecule has 1 fully saturated rings. The first-order chi connectivity index (χ1) is 7.08. The fourth-order valence-electron chi connectivity index (χ4n) is 1.95. The van der Waals surface area contributed by atoms with Gasteiger partial charge in [0.25, 0.3) is 0 Å². The third-order valence-corrected chi connectivity index (χ3v) is 2.84. The summed E-state index contributed by atoms with van der Waals surface area (Å²) in [4.78, 5) is 11.6. The number of carbonyl (C=O) groups excluding carboxylic acids is 1. The summed E-state index contributed by atoms with van der Waals surface area (Å²) in [6.45, 7) is 3.99. The highest BCUT2D eigenvalue weighted by Gasteiger charge is 2.18. The quantitative estimate of drug-likeness (QED) is 0.726. The van der Waals surface area contributed by atoms with Gasteiger partial charge in [-0.15, -0.1) is 0 Å². The molecule has 0 aromatic rings. The molecule has 0 aromatic heterocycles. The summed E-state index contributed by atoms with van der Waals surface area (Å²) in [5, 5.41) is 6.17. The van der Waals surface area contributed by atoms with E-state index in [0.717, 1.165) is 0 Å². The van der Waals surface area contributed by atoms with Crippen LogP contribution in [0.15, 0.2) is 0 Å². The van der Waals surface area contributed by atoms with Crippen molar-refractivity contribution in [3.05, 3.63) is 0 Å². The van der Waals surface area contributed by atoms with Gasteiger partial charge in [0.1, 0.15) is 0 Å². The van der Waals surface area contributed by atoms with Crippen LogP contribution in [0.2, 0.25) is 0 Å². The minimum Gasteiger partial charge on any atom is -0.360 e. The molecule has 0 aliphatic heterocycles. The van der Waals surface area contributed by atoms with Crippen LogP contribution < -0.4 is 10.6 Å². The predicted octanol–water partition coefficient (Wildman–Crippen LogP) is 1.97. The van der Waals surface area contributed by atoms with Gasteiger partial charge in [0, 0.05) is 12.5 Å². The van der Waals surface area contributed by atoms with Crippen LogP contribution in [0.25, 0.3) is 0 Å². The van der Waals surface area contributed by atoms with Crippen LogP contribution in [0, 0.1) is 5.92 Å². The fourth-order valence-corrected chi connectivity index (χ4v) is 2.30. The molecular formula is C11H20N2OS. The van der Waals surface area contributed by atoms with Crippen molar-refractivity contribution >= 4 is 23.2 Å². The van der Waals surface area contributed by atoms with E-state index in [1.165, 1.54) is 25.7 Å². The molecule has 0 radical (unpaired) electrons. The molecule has 0 aromatic carbocycles. The van der Waals surface area contributed by atoms with E-state index in [0.29, 0.717) is 17.5 Å². The van der Waals surface area contributed by atoms with E-state index in [1.54, 1.807) is 0 Å². The Morgan fingerprint density at radius 3 is 2.53 bits per heavy atom. The van der Waals surface area contributed by atoms with Crippen LogP contribution in [0.4, 0.5) is 0 Å². The first kappa shape index (κ1) is 12.4. The molecule has 0 atom stereocenters. The first-order valence-electron chi connectivity index (χ1n) is 5.68. The van der Waals surface area contributed by atoms with Crippen molar-refractivity contribution in [1.29, 1.82) is 0 Å². The molecular weight excluding hydrogens is 208 g/mol. The Morgan fingerprint density at radius 1 is 1.40 bits per heavy atom. The van der Waals surface area contributed by atoms with Gasteiger partial charge in [-0.05, 0) is 44.8 Å². The molecule has 2 N–H and O–H groups in total. The van der Waals surface area contributed by atoms with Gasteiger partial charge in [-0.2, -0.15) is 0 Å². The van der Waals surface area contributed by atoms with Gasteiger partial charge in [0.2, 0.25) is 5.91 Å². The maximum Gasteiger partial charge on any atom is 0.226 e. The van der Waals surface area contributed by atoms with E-state index in [2.05, 4.69) is 10.6 Å². The zero-order chi connectivity index (χ0) is 11.3. The summed E-state index contributed by atoms with van der Waals surface area (Å²) in [7, 11) is 0. The third-order valence-electron chi connectivity index (χ3n) is 2.62. The van der Waals surface area contributed by atoms with Gasteiger partial charge in [-0.1, -0.05) is 12.8 Å². The lowest BCUT2D eigenvalue weighted by Crippen LogP contribution is -2.42. The van der Waals surface area contributed by atoms with Crippen molar-refractivity contribution in [3.8, 4) is 0 Å². The van der Waals surface area contributed by atoms with E-state index >= 15 is 0 Å². The molecule has 0 saturated heterocycles. The Balaban J connectivity index is 2.19. The van der Waals surface area contributed by atoms with Gasteiger partial charge < -0.3 is 10.6 Å². The molecule has 0 spiro atoms. The monoisotopic (exact) mass is 228 g/mol. The molecule has 3 nitrogen and oxygen atoms in total. The number of carbonyl (C=O) groups is 1. The van der Waals surface area contributed by atoms with Crippen LogP contribution in [0.1, 0.15) is 46.0 Å². The second kappa shape index (κ2) is 6.05. The van der Waals surface area contributed by atoms with Crippen LogP contribution in [-0.4, -0.2) is 17.1 Å². The van der Waals surface area contributed by atoms with Crippen molar-refractivity contribution in [2.24, 2.45) is 5.92 Å². The Bertz CT molecular complexity index is 235. The van der Waals surface area contributed by atoms with Gasteiger partial charge in [-0.25, -0.2) is 0 Å². The van der Waals surface area contributed by atoms with Crippen LogP contribution in [0.3, 0.4) is 0 Å². The summed E-state index contributed by atoms with van der Waals surface area (Å²) in [5.74, 6) is 0.631. The van der Waals surface area contributed by atoms with Gasteiger partial charge in [0.15, 0.2) is 5.11 Å². The highest BCUT2D eigenvalue weighted by atomic mass is 32.1. The number of hydrogen-bond acceptors (Lipinski definition) is 2. The lowest BCUT2D eigenvalue weighted by molar-refractivity contribution is -0.120. The summed E-state index contributed by atoms with van der Waals surface area (Å²) < 4.78 is 0. The molecule has 1 amide bonds. The van der Waals surface area contributed by atoms with Gasteiger partial charge in [0.05, 0.1) is 0 Å². The second-order valence-corrected chi connectivity index (χ2v) is 4.94. The van der Waals surface area contributed by atoms with E-state index in [9.17, 15) is 4.79 Å². The predicted molar refractivity (Wildman–Crippen MR) is 65.6 cm³/mol. The highest BCUT2D eigenvalue weighted by Crippen LogP contribution is 2.27. The average Bonchev–Trinajstić information content (AvgIpc) is 2.53. The lowest BCUT2D eigenvalue weighted by atomic mass is 10.0. The summed E-state index contributed by atoms with van der Waals surface area (Å²) in [6.07, 6.45) is 5.55. The minimum absolute atomic E-state index is 0.0556. The van der Waals surface area contributed by atoms with Crippen molar-refractivity contribution in [1.82, 2.24) is 10.6 Å². The fraction of sp³-hybridized carbons (Fsp3) is 0.818. The molecule has 1 rings (SSSR count). The van der Waals surface area contributed by atoms with E-state index in [1.807, 2.05) is 13.8 Å². The molecule has 1 saturated carbocycles. The molecule has 4 heteroatoms. The number of hydrogen-bond donors (Lipinski definition) is 2. The van der Waals surface area contributed by atoms with Gasteiger partial charge >= 0.3 is 0 Å². The zero-order valence-electron chi connectivity index (χ0n) is 9.51. The summed E-state index contributed by atoms with van der Waals surface area (Å²) in [5.41, 5.74) is 0. The Kier molecular flexibility index (Phi) is 5.02. The molecule has 0 bridgehead atoms. The van der Waals surface area contributed by atoms with Crippen molar-refractivity contribution in [3.63, 3.8) is 0 Å². The first-order valence-corrected chi connectivity index (χ1v) is 6.09. The molecule has 0 unspecified atom stereocenters. The minimum atomic E-state index is 0.0556. The highest BCUT2D eigenvalue weighted by molar-refractivity contribution is 7.80. The standard InChI is InChI=1S/C11H20N2OS/c1-8(2)12-11(15)13-10(14)7-9-5-3-4-6-9/h8-9H,3-7H2,1-2H3,(H2,12,13,14,15). The Morgan fingerprint density at radius 2 is 2.00 bits per heavy atom. The maximum atomic E-state index is 11.6. The molecule has 86 valence electrons. The number of thiocarbonyl (C=S) groups is 1. The average molecular weight is 228 g/mol. The molecule has 1 aliphatic rings. The topological polar surface area (TPSA) is 41.1 Å². The van der Waals surface area contributed by atoms with E-state index in [4.69, 9.17) is 12.2 Å². The SMILES string of the molecule is CC(C)NC(=S)NC(=O)CC1CCCC1. The van der Waals surface area contributed by atoms with Crippen molar-refractivity contribution in [2.75, 3.05) is 0 Å². The van der Waals surface area contributed by atoms with Crippen molar-refractivity contribution in [2.45, 2.75) is 52.0 Å². The van der Waals surface area contributed by atoms with Crippen LogP contribution >= 0.6 is 12.2 Å². The Hall–Kier alpha value is -0.640. The molecule has 0 heterocycles. The lowest BCUT2D eigenvalue weighted by Gasteiger charge is -2.13. The smallest absolute Gasteiger partial charge is 0.226 e. The van der Waals surface area contributed by atoms with Crippen molar-refractivity contribution < 1.29 is 4.79 Å². The van der Waals surface area contributed by atoms with Crippen LogP contribution in [-0.2, 0) is 4.79 Å². The normalized spacial score (nSPS) is 16.7. The zero-order valence-corrected chi connectivity index (χ0v) is 10.3. The van der Waals surface area contributed by atoms with Crippen LogP contribution in [0.5, 0.6) is 0 Å². The maximum absolute atomic E-state index is 11.6. The summed E-state index contributed by atoms with van der Waals surface area (Å²) >= 11 is 5.00. The number of nitrogens with one attached hydrogen (secondary N) is 2. The largest absolute Gasteiger partial charge is 0.360 e. The summed E-state index contributed by atoms with van der Waals surface area (Å²) in [6, 6.07) is 0.268.